The van der Waals surface area contributed by atoms with Gasteiger partial charge in [0.15, 0.2) is 0 Å². The van der Waals surface area contributed by atoms with Crippen LogP contribution in [0.3, 0.4) is 0 Å². The summed E-state index contributed by atoms with van der Waals surface area (Å²) in [6.45, 7) is 3.17. The van der Waals surface area contributed by atoms with E-state index in [9.17, 15) is 14.4 Å². The molecule has 4 amide bonds. The molecule has 0 bridgehead atoms. The highest BCUT2D eigenvalue weighted by atomic mass is 16.2. The molecule has 1 aromatic carbocycles. The Morgan fingerprint density at radius 1 is 0.935 bits per heavy atom. The minimum absolute atomic E-state index is 0.0127. The fourth-order valence-electron chi connectivity index (χ4n) is 5.08. The number of amides is 4. The molecule has 3 saturated heterocycles. The fourth-order valence-corrected chi connectivity index (χ4v) is 5.08. The maximum Gasteiger partial charge on any atom is 0.319 e. The molecule has 3 aliphatic rings. The van der Waals surface area contributed by atoms with E-state index in [4.69, 9.17) is 0 Å². The molecular formula is C23H33N5O3. The van der Waals surface area contributed by atoms with Gasteiger partial charge in [0.2, 0.25) is 5.91 Å². The van der Waals surface area contributed by atoms with Crippen molar-refractivity contribution in [2.45, 2.75) is 37.6 Å². The maximum atomic E-state index is 13.7. The predicted molar refractivity (Wildman–Crippen MR) is 119 cm³/mol. The summed E-state index contributed by atoms with van der Waals surface area (Å²) < 4.78 is 0. The lowest BCUT2D eigenvalue weighted by molar-refractivity contribution is -0.141. The number of carbonyl (C=O) groups is 3. The second kappa shape index (κ2) is 8.77. The first-order valence-corrected chi connectivity index (χ1v) is 11.3. The van der Waals surface area contributed by atoms with Crippen molar-refractivity contribution >= 4 is 23.5 Å². The summed E-state index contributed by atoms with van der Waals surface area (Å²) >= 11 is 0. The summed E-state index contributed by atoms with van der Waals surface area (Å²) in [5.74, 6) is 0.0528. The van der Waals surface area contributed by atoms with Crippen LogP contribution < -0.4 is 4.90 Å². The highest BCUT2D eigenvalue weighted by molar-refractivity contribution is 5.96. The Kier molecular flexibility index (Phi) is 6.07. The van der Waals surface area contributed by atoms with Crippen molar-refractivity contribution < 1.29 is 14.4 Å². The van der Waals surface area contributed by atoms with Crippen LogP contribution in [0.2, 0.25) is 0 Å². The Morgan fingerprint density at radius 2 is 1.58 bits per heavy atom. The second-order valence-electron chi connectivity index (χ2n) is 9.05. The molecule has 168 valence electrons. The number of anilines is 1. The number of hydrogen-bond donors (Lipinski definition) is 0. The van der Waals surface area contributed by atoms with Crippen LogP contribution in [0.1, 0.15) is 32.1 Å². The Labute approximate surface area is 184 Å². The lowest BCUT2D eigenvalue weighted by Gasteiger charge is -2.43. The molecule has 3 aliphatic heterocycles. The van der Waals surface area contributed by atoms with Crippen LogP contribution in [0.15, 0.2) is 30.3 Å². The minimum Gasteiger partial charge on any atom is -0.341 e. The molecule has 0 atom stereocenters. The van der Waals surface area contributed by atoms with E-state index in [-0.39, 0.29) is 24.4 Å². The molecule has 0 unspecified atom stereocenters. The van der Waals surface area contributed by atoms with Crippen LogP contribution in [-0.2, 0) is 9.59 Å². The van der Waals surface area contributed by atoms with Gasteiger partial charge in [0.05, 0.1) is 6.67 Å². The van der Waals surface area contributed by atoms with Gasteiger partial charge >= 0.3 is 6.03 Å². The van der Waals surface area contributed by atoms with Crippen LogP contribution in [0.4, 0.5) is 10.5 Å². The Hall–Kier alpha value is -2.77. The number of hydrogen-bond acceptors (Lipinski definition) is 4. The van der Waals surface area contributed by atoms with Crippen molar-refractivity contribution in [3.8, 4) is 0 Å². The van der Waals surface area contributed by atoms with Crippen molar-refractivity contribution in [2.24, 2.45) is 0 Å². The summed E-state index contributed by atoms with van der Waals surface area (Å²) in [7, 11) is 3.50. The van der Waals surface area contributed by atoms with Gasteiger partial charge in [0, 0.05) is 46.0 Å². The summed E-state index contributed by atoms with van der Waals surface area (Å²) in [4.78, 5) is 48.1. The zero-order chi connectivity index (χ0) is 22.0. The molecule has 1 aromatic rings. The molecule has 0 saturated carbocycles. The Morgan fingerprint density at radius 3 is 2.19 bits per heavy atom. The third-order valence-electron chi connectivity index (χ3n) is 6.86. The molecule has 0 N–H and O–H groups in total. The Balaban J connectivity index is 1.54. The zero-order valence-corrected chi connectivity index (χ0v) is 18.6. The van der Waals surface area contributed by atoms with Crippen LogP contribution in [0.25, 0.3) is 0 Å². The predicted octanol–water partition coefficient (Wildman–Crippen LogP) is 1.82. The van der Waals surface area contributed by atoms with Crippen LogP contribution in [-0.4, -0.2) is 96.5 Å². The van der Waals surface area contributed by atoms with E-state index in [0.717, 1.165) is 31.6 Å². The molecule has 3 heterocycles. The van der Waals surface area contributed by atoms with Gasteiger partial charge in [-0.1, -0.05) is 18.2 Å². The zero-order valence-electron chi connectivity index (χ0n) is 18.6. The Bertz CT molecular complexity index is 814. The van der Waals surface area contributed by atoms with Crippen LogP contribution in [0, 0.1) is 0 Å². The average Bonchev–Trinajstić information content (AvgIpc) is 3.06. The van der Waals surface area contributed by atoms with Gasteiger partial charge in [-0.2, -0.15) is 0 Å². The number of urea groups is 1. The molecule has 1 spiro atoms. The number of nitrogens with zero attached hydrogens (tertiary/aromatic N) is 5. The second-order valence-corrected chi connectivity index (χ2v) is 9.05. The van der Waals surface area contributed by atoms with E-state index in [1.165, 1.54) is 6.42 Å². The van der Waals surface area contributed by atoms with E-state index in [2.05, 4.69) is 4.90 Å². The number of piperidine rings is 2. The SMILES string of the molecule is CN(C)C(=O)N1CCC2(CC1)C(=O)N(CC(=O)N1CCCCC1)CN2c1ccccc1. The van der Waals surface area contributed by atoms with Crippen molar-refractivity contribution in [3.63, 3.8) is 0 Å². The molecule has 3 fully saturated rings. The highest BCUT2D eigenvalue weighted by Gasteiger charge is 2.54. The van der Waals surface area contributed by atoms with Crippen molar-refractivity contribution in [2.75, 3.05) is 58.4 Å². The van der Waals surface area contributed by atoms with Gasteiger partial charge in [-0.05, 0) is 44.2 Å². The van der Waals surface area contributed by atoms with E-state index in [0.29, 0.717) is 32.6 Å². The standard InChI is InChI=1S/C23H33N5O3/c1-24(2)22(31)26-15-11-23(12-16-26)21(30)27(17-20(29)25-13-7-4-8-14-25)18-28(23)19-9-5-3-6-10-19/h3,5-6,9-10H,4,7-8,11-18H2,1-2H3. The first kappa shape index (κ1) is 21.5. The molecule has 0 radical (unpaired) electrons. The van der Waals surface area contributed by atoms with Gasteiger partial charge < -0.3 is 24.5 Å². The molecule has 8 heteroatoms. The number of likely N-dealkylation sites (tertiary alicyclic amines) is 2. The maximum absolute atomic E-state index is 13.7. The lowest BCUT2D eigenvalue weighted by atomic mass is 9.85. The summed E-state index contributed by atoms with van der Waals surface area (Å²) in [5.41, 5.74) is 0.281. The van der Waals surface area contributed by atoms with E-state index < -0.39 is 5.54 Å². The van der Waals surface area contributed by atoms with Crippen molar-refractivity contribution in [3.05, 3.63) is 30.3 Å². The molecule has 4 rings (SSSR count). The first-order chi connectivity index (χ1) is 14.9. The summed E-state index contributed by atoms with van der Waals surface area (Å²) in [6.07, 6.45) is 4.37. The van der Waals surface area contributed by atoms with E-state index >= 15 is 0 Å². The lowest BCUT2D eigenvalue weighted by Crippen LogP contribution is -2.58. The topological polar surface area (TPSA) is 67.4 Å². The molecular weight excluding hydrogens is 394 g/mol. The van der Waals surface area contributed by atoms with E-state index in [1.54, 1.807) is 23.9 Å². The van der Waals surface area contributed by atoms with Crippen molar-refractivity contribution in [1.29, 1.82) is 0 Å². The van der Waals surface area contributed by atoms with Gasteiger partial charge in [-0.25, -0.2) is 4.79 Å². The third kappa shape index (κ3) is 4.07. The van der Waals surface area contributed by atoms with Crippen molar-refractivity contribution in [1.82, 2.24) is 19.6 Å². The fraction of sp³-hybridized carbons (Fsp3) is 0.609. The third-order valence-corrected chi connectivity index (χ3v) is 6.86. The average molecular weight is 428 g/mol. The van der Waals surface area contributed by atoms with Gasteiger partial charge in [-0.15, -0.1) is 0 Å². The smallest absolute Gasteiger partial charge is 0.319 e. The normalized spacial score (nSPS) is 21.0. The quantitative estimate of drug-likeness (QED) is 0.738. The highest BCUT2D eigenvalue weighted by Crippen LogP contribution is 2.39. The first-order valence-electron chi connectivity index (χ1n) is 11.3. The van der Waals surface area contributed by atoms with Gasteiger partial charge in [0.1, 0.15) is 12.1 Å². The number of rotatable bonds is 3. The van der Waals surface area contributed by atoms with E-state index in [1.807, 2.05) is 40.1 Å². The number of benzene rings is 1. The summed E-state index contributed by atoms with van der Waals surface area (Å²) in [5, 5.41) is 0. The molecule has 31 heavy (non-hydrogen) atoms. The van der Waals surface area contributed by atoms with Gasteiger partial charge in [0.25, 0.3) is 5.91 Å². The van der Waals surface area contributed by atoms with Gasteiger partial charge in [-0.3, -0.25) is 9.59 Å². The molecule has 0 aliphatic carbocycles. The number of para-hydroxylation sites is 1. The largest absolute Gasteiger partial charge is 0.341 e. The molecule has 8 nitrogen and oxygen atoms in total. The molecule has 0 aromatic heterocycles. The van der Waals surface area contributed by atoms with Crippen LogP contribution >= 0.6 is 0 Å². The summed E-state index contributed by atoms with van der Waals surface area (Å²) in [6, 6.07) is 9.91. The monoisotopic (exact) mass is 427 g/mol. The minimum atomic E-state index is -0.702. The van der Waals surface area contributed by atoms with Crippen LogP contribution in [0.5, 0.6) is 0 Å². The number of carbonyl (C=O) groups excluding carboxylic acids is 3.